The Morgan fingerprint density at radius 2 is 2.29 bits per heavy atom. The minimum absolute atomic E-state index is 0.247. The number of amides is 1. The zero-order chi connectivity index (χ0) is 12.4. The van der Waals surface area contributed by atoms with Gasteiger partial charge in [-0.05, 0) is 19.4 Å². The first kappa shape index (κ1) is 12.1. The van der Waals surface area contributed by atoms with E-state index >= 15 is 0 Å². The second-order valence-electron chi connectivity index (χ2n) is 4.78. The van der Waals surface area contributed by atoms with Gasteiger partial charge in [-0.25, -0.2) is 0 Å². The highest BCUT2D eigenvalue weighted by Gasteiger charge is 2.24. The number of carbonyl (C=O) groups is 1. The van der Waals surface area contributed by atoms with E-state index in [-0.39, 0.29) is 11.9 Å². The molecule has 5 heteroatoms. The summed E-state index contributed by atoms with van der Waals surface area (Å²) in [5, 5.41) is 7.73. The first-order valence-corrected chi connectivity index (χ1v) is 6.06. The molecule has 17 heavy (non-hydrogen) atoms. The number of rotatable bonds is 3. The lowest BCUT2D eigenvalue weighted by atomic mass is 10.0. The van der Waals surface area contributed by atoms with Crippen molar-refractivity contribution < 1.29 is 4.79 Å². The van der Waals surface area contributed by atoms with E-state index in [2.05, 4.69) is 17.3 Å². The van der Waals surface area contributed by atoms with Gasteiger partial charge in [-0.1, -0.05) is 0 Å². The minimum Gasteiger partial charge on any atom is -0.344 e. The van der Waals surface area contributed by atoms with Crippen LogP contribution in [0.25, 0.3) is 0 Å². The number of aromatic nitrogens is 2. The van der Waals surface area contributed by atoms with Crippen molar-refractivity contribution in [2.45, 2.75) is 31.8 Å². The van der Waals surface area contributed by atoms with Crippen molar-refractivity contribution in [1.82, 2.24) is 20.0 Å². The van der Waals surface area contributed by atoms with Crippen LogP contribution in [0.5, 0.6) is 0 Å². The van der Waals surface area contributed by atoms with Crippen LogP contribution in [0.15, 0.2) is 12.3 Å². The summed E-state index contributed by atoms with van der Waals surface area (Å²) >= 11 is 0. The SMILES string of the molecule is CC(NC1CCC(=O)N(C)C1)c1ccnn1C. The van der Waals surface area contributed by atoms with Gasteiger partial charge in [-0.3, -0.25) is 9.48 Å². The number of likely N-dealkylation sites (N-methyl/N-ethyl adjacent to an activating group) is 1. The zero-order valence-electron chi connectivity index (χ0n) is 10.7. The maximum absolute atomic E-state index is 11.4. The molecule has 1 aromatic heterocycles. The van der Waals surface area contributed by atoms with E-state index in [9.17, 15) is 4.79 Å². The lowest BCUT2D eigenvalue weighted by Crippen LogP contribution is -2.47. The third-order valence-corrected chi connectivity index (χ3v) is 3.41. The minimum atomic E-state index is 0.247. The van der Waals surface area contributed by atoms with Crippen LogP contribution >= 0.6 is 0 Å². The molecule has 1 N–H and O–H groups in total. The van der Waals surface area contributed by atoms with E-state index in [1.807, 2.05) is 31.0 Å². The van der Waals surface area contributed by atoms with Crippen LogP contribution in [0.2, 0.25) is 0 Å². The number of hydrogen-bond donors (Lipinski definition) is 1. The molecule has 94 valence electrons. The van der Waals surface area contributed by atoms with Crippen LogP contribution in [-0.2, 0) is 11.8 Å². The number of nitrogens with one attached hydrogen (secondary N) is 1. The summed E-state index contributed by atoms with van der Waals surface area (Å²) in [6.07, 6.45) is 3.38. The molecule has 1 aliphatic rings. The van der Waals surface area contributed by atoms with Crippen LogP contribution < -0.4 is 5.32 Å². The number of aryl methyl sites for hydroxylation is 1. The Hall–Kier alpha value is -1.36. The highest BCUT2D eigenvalue weighted by atomic mass is 16.2. The second kappa shape index (κ2) is 4.87. The molecule has 0 aromatic carbocycles. The topological polar surface area (TPSA) is 50.2 Å². The van der Waals surface area contributed by atoms with E-state index in [4.69, 9.17) is 0 Å². The lowest BCUT2D eigenvalue weighted by Gasteiger charge is -2.32. The molecule has 1 amide bonds. The van der Waals surface area contributed by atoms with Crippen molar-refractivity contribution in [1.29, 1.82) is 0 Å². The summed E-state index contributed by atoms with van der Waals surface area (Å²) in [6, 6.07) is 2.66. The zero-order valence-corrected chi connectivity index (χ0v) is 10.7. The molecule has 0 radical (unpaired) electrons. The van der Waals surface area contributed by atoms with E-state index < -0.39 is 0 Å². The Morgan fingerprint density at radius 3 is 2.88 bits per heavy atom. The van der Waals surface area contributed by atoms with Crippen molar-refractivity contribution in [3.8, 4) is 0 Å². The largest absolute Gasteiger partial charge is 0.344 e. The molecule has 2 atom stereocenters. The number of likely N-dealkylation sites (tertiary alicyclic amines) is 1. The summed E-state index contributed by atoms with van der Waals surface area (Å²) in [7, 11) is 3.81. The predicted octanol–water partition coefficient (Wildman–Crippen LogP) is 0.691. The van der Waals surface area contributed by atoms with Gasteiger partial charge < -0.3 is 10.2 Å². The van der Waals surface area contributed by atoms with E-state index in [1.165, 1.54) is 5.69 Å². The normalized spacial score (nSPS) is 22.9. The van der Waals surface area contributed by atoms with Crippen LogP contribution in [0.3, 0.4) is 0 Å². The molecule has 2 unspecified atom stereocenters. The molecule has 0 saturated carbocycles. The van der Waals surface area contributed by atoms with Crippen molar-refractivity contribution in [2.24, 2.45) is 7.05 Å². The van der Waals surface area contributed by atoms with Gasteiger partial charge in [0, 0.05) is 45.3 Å². The Balaban J connectivity index is 1.93. The molecule has 1 aromatic rings. The van der Waals surface area contributed by atoms with Crippen molar-refractivity contribution in [2.75, 3.05) is 13.6 Å². The summed E-state index contributed by atoms with van der Waals surface area (Å²) in [6.45, 7) is 2.93. The van der Waals surface area contributed by atoms with E-state index in [0.717, 1.165) is 13.0 Å². The third kappa shape index (κ3) is 2.66. The molecule has 1 fully saturated rings. The predicted molar refractivity (Wildman–Crippen MR) is 65.4 cm³/mol. The quantitative estimate of drug-likeness (QED) is 0.840. The molecule has 0 spiro atoms. The molecule has 2 rings (SSSR count). The molecule has 1 saturated heterocycles. The van der Waals surface area contributed by atoms with Gasteiger partial charge in [-0.15, -0.1) is 0 Å². The monoisotopic (exact) mass is 236 g/mol. The Morgan fingerprint density at radius 1 is 1.53 bits per heavy atom. The van der Waals surface area contributed by atoms with Crippen molar-refractivity contribution >= 4 is 5.91 Å². The van der Waals surface area contributed by atoms with Gasteiger partial charge in [0.25, 0.3) is 0 Å². The summed E-state index contributed by atoms with van der Waals surface area (Å²) in [4.78, 5) is 13.2. The van der Waals surface area contributed by atoms with Crippen molar-refractivity contribution in [3.05, 3.63) is 18.0 Å². The van der Waals surface area contributed by atoms with Crippen LogP contribution in [0, 0.1) is 0 Å². The molecular weight excluding hydrogens is 216 g/mol. The van der Waals surface area contributed by atoms with Gasteiger partial charge in [0.05, 0.1) is 5.69 Å². The van der Waals surface area contributed by atoms with Crippen LogP contribution in [-0.4, -0.2) is 40.2 Å². The number of piperidine rings is 1. The highest BCUT2D eigenvalue weighted by Crippen LogP contribution is 2.16. The average Bonchev–Trinajstić information content (AvgIpc) is 2.70. The van der Waals surface area contributed by atoms with Gasteiger partial charge in [0.15, 0.2) is 0 Å². The highest BCUT2D eigenvalue weighted by molar-refractivity contribution is 5.76. The third-order valence-electron chi connectivity index (χ3n) is 3.41. The van der Waals surface area contributed by atoms with Gasteiger partial charge in [0.2, 0.25) is 5.91 Å². The summed E-state index contributed by atoms with van der Waals surface area (Å²) < 4.78 is 1.88. The van der Waals surface area contributed by atoms with Crippen molar-refractivity contribution in [3.63, 3.8) is 0 Å². The number of carbonyl (C=O) groups excluding carboxylic acids is 1. The van der Waals surface area contributed by atoms with E-state index in [1.54, 1.807) is 4.90 Å². The lowest BCUT2D eigenvalue weighted by molar-refractivity contribution is -0.132. The fourth-order valence-electron chi connectivity index (χ4n) is 2.40. The Bertz CT molecular complexity index is 401. The molecule has 2 heterocycles. The van der Waals surface area contributed by atoms with Crippen LogP contribution in [0.1, 0.15) is 31.5 Å². The molecule has 5 nitrogen and oxygen atoms in total. The standard InChI is InChI=1S/C12H20N4O/c1-9(11-6-7-13-16(11)3)14-10-4-5-12(17)15(2)8-10/h6-7,9-10,14H,4-5,8H2,1-3H3. The molecule has 0 bridgehead atoms. The Labute approximate surface area is 102 Å². The number of nitrogens with zero attached hydrogens (tertiary/aromatic N) is 3. The van der Waals surface area contributed by atoms with Crippen LogP contribution in [0.4, 0.5) is 0 Å². The number of hydrogen-bond acceptors (Lipinski definition) is 3. The molecule has 0 aliphatic carbocycles. The van der Waals surface area contributed by atoms with E-state index in [0.29, 0.717) is 12.5 Å². The van der Waals surface area contributed by atoms with Gasteiger partial charge in [-0.2, -0.15) is 5.10 Å². The fourth-order valence-corrected chi connectivity index (χ4v) is 2.40. The summed E-state index contributed by atoms with van der Waals surface area (Å²) in [5.41, 5.74) is 1.17. The first-order valence-electron chi connectivity index (χ1n) is 6.06. The maximum atomic E-state index is 11.4. The molecular formula is C12H20N4O. The fraction of sp³-hybridized carbons (Fsp3) is 0.667. The average molecular weight is 236 g/mol. The Kier molecular flexibility index (Phi) is 3.47. The van der Waals surface area contributed by atoms with Gasteiger partial charge in [0.1, 0.15) is 0 Å². The smallest absolute Gasteiger partial charge is 0.222 e. The second-order valence-corrected chi connectivity index (χ2v) is 4.78. The summed E-state index contributed by atoms with van der Waals surface area (Å²) in [5.74, 6) is 0.247. The van der Waals surface area contributed by atoms with Gasteiger partial charge >= 0.3 is 0 Å². The first-order chi connectivity index (χ1) is 8.08. The maximum Gasteiger partial charge on any atom is 0.222 e. The molecule has 1 aliphatic heterocycles.